The van der Waals surface area contributed by atoms with Crippen LogP contribution in [0.2, 0.25) is 0 Å². The van der Waals surface area contributed by atoms with Crippen molar-refractivity contribution in [3.05, 3.63) is 23.5 Å². The molecule has 0 radical (unpaired) electrons. The minimum atomic E-state index is -0.378. The van der Waals surface area contributed by atoms with E-state index in [0.29, 0.717) is 18.8 Å². The van der Waals surface area contributed by atoms with E-state index in [2.05, 4.69) is 0 Å². The van der Waals surface area contributed by atoms with Crippen LogP contribution in [0.5, 0.6) is 0 Å². The lowest BCUT2D eigenvalue weighted by atomic mass is 10.3. The molecule has 12 heavy (non-hydrogen) atoms. The zero-order valence-electron chi connectivity index (χ0n) is 6.62. The summed E-state index contributed by atoms with van der Waals surface area (Å²) >= 11 is 0. The number of hydrogen-bond donors (Lipinski definition) is 1. The maximum atomic E-state index is 10.8. The van der Waals surface area contributed by atoms with Crippen LogP contribution in [-0.2, 0) is 17.9 Å². The first kappa shape index (κ1) is 7.36. The Kier molecular flexibility index (Phi) is 1.62. The highest BCUT2D eigenvalue weighted by atomic mass is 16.5. The van der Waals surface area contributed by atoms with Gasteiger partial charge in [0.15, 0.2) is 0 Å². The standard InChI is InChI=1S/C8H10N2O2/c9-8(11)6-3-7-5-12-2-1-10(7)4-6/h3-4H,1-2,5H2,(H2,9,11). The summed E-state index contributed by atoms with van der Waals surface area (Å²) in [6.45, 7) is 2.09. The molecule has 4 heteroatoms. The maximum absolute atomic E-state index is 10.8. The van der Waals surface area contributed by atoms with Gasteiger partial charge in [0.25, 0.3) is 0 Å². The number of carbonyl (C=O) groups excluding carboxylic acids is 1. The quantitative estimate of drug-likeness (QED) is 0.644. The molecule has 1 aliphatic rings. The Morgan fingerprint density at radius 3 is 3.17 bits per heavy atom. The van der Waals surface area contributed by atoms with E-state index in [1.807, 2.05) is 4.57 Å². The predicted molar refractivity (Wildman–Crippen MR) is 42.6 cm³/mol. The lowest BCUT2D eigenvalue weighted by Gasteiger charge is -2.14. The number of primary amides is 1. The molecule has 0 atom stereocenters. The second-order valence-electron chi connectivity index (χ2n) is 2.83. The largest absolute Gasteiger partial charge is 0.373 e. The minimum absolute atomic E-state index is 0.378. The highest BCUT2D eigenvalue weighted by Crippen LogP contribution is 2.13. The van der Waals surface area contributed by atoms with Crippen molar-refractivity contribution in [2.75, 3.05) is 6.61 Å². The molecule has 0 saturated heterocycles. The van der Waals surface area contributed by atoms with Crippen LogP contribution in [0.3, 0.4) is 0 Å². The molecule has 0 spiro atoms. The van der Waals surface area contributed by atoms with Crippen LogP contribution in [-0.4, -0.2) is 17.1 Å². The van der Waals surface area contributed by atoms with Gasteiger partial charge in [-0.1, -0.05) is 0 Å². The number of hydrogen-bond acceptors (Lipinski definition) is 2. The van der Waals surface area contributed by atoms with Crippen molar-refractivity contribution in [2.24, 2.45) is 5.73 Å². The zero-order valence-corrected chi connectivity index (χ0v) is 6.62. The monoisotopic (exact) mass is 166 g/mol. The number of aromatic nitrogens is 1. The number of ether oxygens (including phenoxy) is 1. The van der Waals surface area contributed by atoms with Gasteiger partial charge in [0.1, 0.15) is 0 Å². The van der Waals surface area contributed by atoms with Gasteiger partial charge >= 0.3 is 0 Å². The SMILES string of the molecule is NC(=O)c1cc2n(c1)CCOC2. The molecule has 0 aliphatic carbocycles. The first-order valence-electron chi connectivity index (χ1n) is 3.84. The Bertz CT molecular complexity index is 293. The van der Waals surface area contributed by atoms with Crippen LogP contribution in [0.4, 0.5) is 0 Å². The number of nitrogens with zero attached hydrogens (tertiary/aromatic N) is 1. The first-order chi connectivity index (χ1) is 5.77. The fourth-order valence-electron chi connectivity index (χ4n) is 1.36. The fourth-order valence-corrected chi connectivity index (χ4v) is 1.36. The first-order valence-corrected chi connectivity index (χ1v) is 3.84. The van der Waals surface area contributed by atoms with E-state index >= 15 is 0 Å². The van der Waals surface area contributed by atoms with Crippen LogP contribution < -0.4 is 5.73 Å². The normalized spacial score (nSPS) is 15.7. The molecule has 0 unspecified atom stereocenters. The third-order valence-electron chi connectivity index (χ3n) is 2.00. The van der Waals surface area contributed by atoms with E-state index in [0.717, 1.165) is 12.2 Å². The molecule has 4 nitrogen and oxygen atoms in total. The minimum Gasteiger partial charge on any atom is -0.373 e. The Morgan fingerprint density at radius 2 is 2.50 bits per heavy atom. The summed E-state index contributed by atoms with van der Waals surface area (Å²) in [5.74, 6) is -0.378. The molecular weight excluding hydrogens is 156 g/mol. The van der Waals surface area contributed by atoms with Crippen molar-refractivity contribution in [2.45, 2.75) is 13.2 Å². The van der Waals surface area contributed by atoms with E-state index in [1.165, 1.54) is 0 Å². The summed E-state index contributed by atoms with van der Waals surface area (Å²) in [6, 6.07) is 1.78. The van der Waals surface area contributed by atoms with Crippen LogP contribution in [0.15, 0.2) is 12.3 Å². The number of amides is 1. The van der Waals surface area contributed by atoms with Gasteiger partial charge in [0.05, 0.1) is 18.8 Å². The van der Waals surface area contributed by atoms with E-state index < -0.39 is 0 Å². The molecule has 1 aromatic heterocycles. The summed E-state index contributed by atoms with van der Waals surface area (Å²) < 4.78 is 7.22. The molecule has 1 aromatic rings. The smallest absolute Gasteiger partial charge is 0.250 e. The summed E-state index contributed by atoms with van der Waals surface area (Å²) in [7, 11) is 0. The third kappa shape index (κ3) is 1.10. The Balaban J connectivity index is 2.38. The maximum Gasteiger partial charge on any atom is 0.250 e. The van der Waals surface area contributed by atoms with Crippen molar-refractivity contribution >= 4 is 5.91 Å². The van der Waals surface area contributed by atoms with Crippen LogP contribution in [0, 0.1) is 0 Å². The van der Waals surface area contributed by atoms with Crippen LogP contribution >= 0.6 is 0 Å². The average molecular weight is 166 g/mol. The molecule has 2 N–H and O–H groups in total. The van der Waals surface area contributed by atoms with Crippen molar-refractivity contribution < 1.29 is 9.53 Å². The number of carbonyl (C=O) groups is 1. The number of fused-ring (bicyclic) bond motifs is 1. The zero-order chi connectivity index (χ0) is 8.55. The van der Waals surface area contributed by atoms with Crippen molar-refractivity contribution in [3.8, 4) is 0 Å². The molecule has 2 rings (SSSR count). The molecule has 0 bridgehead atoms. The Morgan fingerprint density at radius 1 is 1.67 bits per heavy atom. The highest BCUT2D eigenvalue weighted by molar-refractivity contribution is 5.92. The summed E-state index contributed by atoms with van der Waals surface area (Å²) in [5.41, 5.74) is 6.72. The van der Waals surface area contributed by atoms with E-state index in [9.17, 15) is 4.79 Å². The molecule has 1 amide bonds. The van der Waals surface area contributed by atoms with Crippen LogP contribution in [0.25, 0.3) is 0 Å². The van der Waals surface area contributed by atoms with Gasteiger partial charge in [0.2, 0.25) is 5.91 Å². The highest BCUT2D eigenvalue weighted by Gasteiger charge is 2.12. The summed E-state index contributed by atoms with van der Waals surface area (Å²) in [6.07, 6.45) is 1.78. The lowest BCUT2D eigenvalue weighted by molar-refractivity contribution is 0.0850. The Hall–Kier alpha value is -1.29. The molecular formula is C8H10N2O2. The molecule has 1 aliphatic heterocycles. The molecule has 0 fully saturated rings. The van der Waals surface area contributed by atoms with E-state index in [4.69, 9.17) is 10.5 Å². The van der Waals surface area contributed by atoms with E-state index in [1.54, 1.807) is 12.3 Å². The molecule has 64 valence electrons. The van der Waals surface area contributed by atoms with Gasteiger partial charge in [-0.3, -0.25) is 4.79 Å². The second-order valence-corrected chi connectivity index (χ2v) is 2.83. The van der Waals surface area contributed by atoms with Gasteiger partial charge in [-0.15, -0.1) is 0 Å². The van der Waals surface area contributed by atoms with Crippen molar-refractivity contribution in [3.63, 3.8) is 0 Å². The fraction of sp³-hybridized carbons (Fsp3) is 0.375. The summed E-state index contributed by atoms with van der Waals surface area (Å²) in [5, 5.41) is 0. The molecule has 2 heterocycles. The number of nitrogens with two attached hydrogens (primary N) is 1. The predicted octanol–water partition coefficient (Wildman–Crippen LogP) is 0.117. The van der Waals surface area contributed by atoms with Gasteiger partial charge < -0.3 is 15.0 Å². The van der Waals surface area contributed by atoms with Gasteiger partial charge in [0, 0.05) is 18.4 Å². The topological polar surface area (TPSA) is 57.2 Å². The lowest BCUT2D eigenvalue weighted by Crippen LogP contribution is -2.14. The third-order valence-corrected chi connectivity index (χ3v) is 2.00. The second kappa shape index (κ2) is 2.64. The molecule has 0 aromatic carbocycles. The number of rotatable bonds is 1. The van der Waals surface area contributed by atoms with Crippen molar-refractivity contribution in [1.82, 2.24) is 4.57 Å². The van der Waals surface area contributed by atoms with Gasteiger partial charge in [-0.05, 0) is 6.07 Å². The Labute approximate surface area is 69.9 Å². The van der Waals surface area contributed by atoms with Crippen molar-refractivity contribution in [1.29, 1.82) is 0 Å². The van der Waals surface area contributed by atoms with Crippen LogP contribution in [0.1, 0.15) is 16.1 Å². The summed E-state index contributed by atoms with van der Waals surface area (Å²) in [4.78, 5) is 10.8. The average Bonchev–Trinajstić information content (AvgIpc) is 2.46. The van der Waals surface area contributed by atoms with Gasteiger partial charge in [-0.25, -0.2) is 0 Å². The van der Waals surface area contributed by atoms with Gasteiger partial charge in [-0.2, -0.15) is 0 Å². The molecule has 0 saturated carbocycles. The van der Waals surface area contributed by atoms with E-state index in [-0.39, 0.29) is 5.91 Å².